The monoisotopic (exact) mass is 269 g/mol. The van der Waals surface area contributed by atoms with Gasteiger partial charge in [0, 0.05) is 36.6 Å². The number of aliphatic hydroxyl groups excluding tert-OH is 1. The number of nitrogens with one attached hydrogen (secondary N) is 1. The summed E-state index contributed by atoms with van der Waals surface area (Å²) >= 11 is 1.59. The van der Waals surface area contributed by atoms with Crippen LogP contribution in [0.15, 0.2) is 11.6 Å². The maximum Gasteiger partial charge on any atom is 0.0941 e. The van der Waals surface area contributed by atoms with Gasteiger partial charge >= 0.3 is 0 Å². The number of hydrogen-bond acceptors (Lipinski definition) is 5. The third kappa shape index (κ3) is 4.31. The molecule has 1 aromatic rings. The second-order valence-electron chi connectivity index (χ2n) is 5.10. The van der Waals surface area contributed by atoms with Crippen LogP contribution in [0.4, 0.5) is 0 Å². The molecule has 1 aromatic heterocycles. The Bertz CT molecular complexity index is 325. The molecule has 0 saturated heterocycles. The molecule has 0 spiro atoms. The molecular weight excluding hydrogens is 246 g/mol. The van der Waals surface area contributed by atoms with E-state index in [1.807, 2.05) is 5.38 Å². The van der Waals surface area contributed by atoms with Gasteiger partial charge in [0.05, 0.1) is 11.1 Å². The minimum absolute atomic E-state index is 0.229. The van der Waals surface area contributed by atoms with Gasteiger partial charge in [0.1, 0.15) is 0 Å². The van der Waals surface area contributed by atoms with Crippen molar-refractivity contribution in [1.29, 1.82) is 0 Å². The minimum Gasteiger partial charge on any atom is -0.390 e. The molecule has 102 valence electrons. The highest BCUT2D eigenvalue weighted by Gasteiger charge is 2.19. The molecule has 2 rings (SSSR count). The Hall–Kier alpha value is -0.490. The summed E-state index contributed by atoms with van der Waals surface area (Å²) in [5.74, 6) is 0. The lowest BCUT2D eigenvalue weighted by molar-refractivity contribution is 0.135. The van der Waals surface area contributed by atoms with E-state index < -0.39 is 6.10 Å². The van der Waals surface area contributed by atoms with E-state index in [-0.39, 0.29) is 6.04 Å². The van der Waals surface area contributed by atoms with E-state index in [9.17, 15) is 5.11 Å². The lowest BCUT2D eigenvalue weighted by Gasteiger charge is -2.26. The highest BCUT2D eigenvalue weighted by Crippen LogP contribution is 2.17. The van der Waals surface area contributed by atoms with Crippen molar-refractivity contribution in [3.8, 4) is 0 Å². The van der Waals surface area contributed by atoms with Crippen molar-refractivity contribution >= 4 is 11.3 Å². The average molecular weight is 269 g/mol. The summed E-state index contributed by atoms with van der Waals surface area (Å²) in [7, 11) is 0. The second kappa shape index (κ2) is 7.19. The molecule has 1 heterocycles. The number of nitrogens with two attached hydrogens (primary N) is 1. The van der Waals surface area contributed by atoms with Crippen LogP contribution in [0.1, 0.15) is 37.1 Å². The number of hydrogen-bond donors (Lipinski definition) is 3. The van der Waals surface area contributed by atoms with Crippen molar-refractivity contribution in [2.75, 3.05) is 6.54 Å². The summed E-state index contributed by atoms with van der Waals surface area (Å²) < 4.78 is 0. The van der Waals surface area contributed by atoms with E-state index in [0.29, 0.717) is 19.0 Å². The second-order valence-corrected chi connectivity index (χ2v) is 6.08. The van der Waals surface area contributed by atoms with Gasteiger partial charge in [0.2, 0.25) is 0 Å². The molecular formula is C13H23N3OS. The largest absolute Gasteiger partial charge is 0.390 e. The summed E-state index contributed by atoms with van der Waals surface area (Å²) in [4.78, 5) is 4.20. The smallest absolute Gasteiger partial charge is 0.0941 e. The zero-order chi connectivity index (χ0) is 12.8. The maximum atomic E-state index is 10.0. The Morgan fingerprint density at radius 2 is 2.22 bits per heavy atom. The average Bonchev–Trinajstić information content (AvgIpc) is 2.90. The van der Waals surface area contributed by atoms with E-state index in [1.54, 1.807) is 17.5 Å². The molecule has 5 heteroatoms. The van der Waals surface area contributed by atoms with Gasteiger partial charge in [-0.2, -0.15) is 0 Å². The number of rotatable bonds is 6. The third-order valence-corrected chi connectivity index (χ3v) is 4.41. The van der Waals surface area contributed by atoms with Gasteiger partial charge in [-0.3, -0.25) is 0 Å². The summed E-state index contributed by atoms with van der Waals surface area (Å²) in [6, 6.07) is 0.340. The van der Waals surface area contributed by atoms with Crippen molar-refractivity contribution in [2.24, 2.45) is 5.73 Å². The van der Waals surface area contributed by atoms with Gasteiger partial charge in [-0.05, 0) is 12.8 Å². The molecule has 4 N–H and O–H groups in total. The molecule has 0 amide bonds. The van der Waals surface area contributed by atoms with Crippen molar-refractivity contribution in [3.05, 3.63) is 16.6 Å². The Kier molecular flexibility index (Phi) is 5.56. The minimum atomic E-state index is -0.490. The fraction of sp³-hybridized carbons (Fsp3) is 0.769. The van der Waals surface area contributed by atoms with Crippen LogP contribution in [0.2, 0.25) is 0 Å². The summed E-state index contributed by atoms with van der Waals surface area (Å²) in [6.45, 7) is 0.594. The number of thiazole rings is 1. The van der Waals surface area contributed by atoms with E-state index in [2.05, 4.69) is 10.3 Å². The fourth-order valence-electron chi connectivity index (χ4n) is 2.44. The van der Waals surface area contributed by atoms with E-state index in [1.165, 1.54) is 32.1 Å². The topological polar surface area (TPSA) is 71.2 Å². The molecule has 0 bridgehead atoms. The lowest BCUT2D eigenvalue weighted by atomic mass is 9.95. The molecule has 2 atom stereocenters. The van der Waals surface area contributed by atoms with E-state index in [4.69, 9.17) is 5.73 Å². The predicted octanol–water partition coefficient (Wildman–Crippen LogP) is 1.30. The zero-order valence-electron chi connectivity index (χ0n) is 10.7. The van der Waals surface area contributed by atoms with Gasteiger partial charge in [0.15, 0.2) is 0 Å². The van der Waals surface area contributed by atoms with E-state index in [0.717, 1.165) is 5.01 Å². The number of aromatic nitrogens is 1. The highest BCUT2D eigenvalue weighted by molar-refractivity contribution is 7.09. The molecule has 1 saturated carbocycles. The SMILES string of the molecule is N[C@@H](Cc1nccs1)[C@H](O)CNC1CCCCC1. The van der Waals surface area contributed by atoms with Crippen LogP contribution >= 0.6 is 11.3 Å². The van der Waals surface area contributed by atoms with Crippen LogP contribution in [0.5, 0.6) is 0 Å². The Balaban J connectivity index is 1.68. The summed E-state index contributed by atoms with van der Waals surface area (Å²) in [5, 5.41) is 16.4. The van der Waals surface area contributed by atoms with Gasteiger partial charge in [-0.1, -0.05) is 19.3 Å². The fourth-order valence-corrected chi connectivity index (χ4v) is 3.13. The predicted molar refractivity (Wildman–Crippen MR) is 74.7 cm³/mol. The Morgan fingerprint density at radius 3 is 2.89 bits per heavy atom. The standard InChI is InChI=1S/C13H23N3OS/c14-11(8-13-15-6-7-18-13)12(17)9-16-10-4-2-1-3-5-10/h6-7,10-12,16-17H,1-5,8-9,14H2/t11-,12+/m0/s1. The first-order valence-corrected chi connectivity index (χ1v) is 7.69. The van der Waals surface area contributed by atoms with Crippen LogP contribution in [0.3, 0.4) is 0 Å². The van der Waals surface area contributed by atoms with Crippen LogP contribution in [-0.2, 0) is 6.42 Å². The zero-order valence-corrected chi connectivity index (χ0v) is 11.5. The molecule has 1 aliphatic rings. The molecule has 18 heavy (non-hydrogen) atoms. The van der Waals surface area contributed by atoms with Gasteiger partial charge < -0.3 is 16.2 Å². The van der Waals surface area contributed by atoms with E-state index >= 15 is 0 Å². The van der Waals surface area contributed by atoms with Crippen LogP contribution in [0, 0.1) is 0 Å². The number of aliphatic hydroxyl groups is 1. The Morgan fingerprint density at radius 1 is 1.44 bits per heavy atom. The van der Waals surface area contributed by atoms with Crippen LogP contribution < -0.4 is 11.1 Å². The van der Waals surface area contributed by atoms with Crippen molar-refractivity contribution in [1.82, 2.24) is 10.3 Å². The molecule has 4 nitrogen and oxygen atoms in total. The molecule has 1 fully saturated rings. The van der Waals surface area contributed by atoms with Crippen LogP contribution in [0.25, 0.3) is 0 Å². The van der Waals surface area contributed by atoms with Crippen LogP contribution in [-0.4, -0.2) is 34.8 Å². The summed E-state index contributed by atoms with van der Waals surface area (Å²) in [5.41, 5.74) is 6.00. The van der Waals surface area contributed by atoms with Gasteiger partial charge in [-0.25, -0.2) is 4.98 Å². The molecule has 1 aliphatic carbocycles. The molecule has 0 aromatic carbocycles. The maximum absolute atomic E-state index is 10.0. The first kappa shape index (κ1) is 13.9. The third-order valence-electron chi connectivity index (χ3n) is 3.61. The Labute approximate surface area is 113 Å². The molecule has 0 unspecified atom stereocenters. The lowest BCUT2D eigenvalue weighted by Crippen LogP contribution is -2.46. The molecule has 0 aliphatic heterocycles. The van der Waals surface area contributed by atoms with Crippen molar-refractivity contribution < 1.29 is 5.11 Å². The van der Waals surface area contributed by atoms with Gasteiger partial charge in [-0.15, -0.1) is 11.3 Å². The van der Waals surface area contributed by atoms with Crippen molar-refractivity contribution in [2.45, 2.75) is 56.7 Å². The summed E-state index contributed by atoms with van der Waals surface area (Å²) in [6.07, 6.45) is 8.37. The first-order valence-electron chi connectivity index (χ1n) is 6.81. The molecule has 0 radical (unpaired) electrons. The number of nitrogens with zero attached hydrogens (tertiary/aromatic N) is 1. The first-order chi connectivity index (χ1) is 8.75. The highest BCUT2D eigenvalue weighted by atomic mass is 32.1. The van der Waals surface area contributed by atoms with Gasteiger partial charge in [0.25, 0.3) is 0 Å². The quantitative estimate of drug-likeness (QED) is 0.728. The van der Waals surface area contributed by atoms with Crippen molar-refractivity contribution in [3.63, 3.8) is 0 Å². The normalized spacial score (nSPS) is 20.8.